The molecule has 1 N–H and O–H groups in total. The monoisotopic (exact) mass is 415 g/mol. The maximum absolute atomic E-state index is 12.8. The van der Waals surface area contributed by atoms with Crippen LogP contribution in [0.3, 0.4) is 0 Å². The lowest BCUT2D eigenvalue weighted by molar-refractivity contribution is -0.148. The molecule has 0 amide bonds. The lowest BCUT2D eigenvalue weighted by atomic mass is 10.0. The van der Waals surface area contributed by atoms with E-state index in [4.69, 9.17) is 9.84 Å². The maximum Gasteiger partial charge on any atom is 0.333 e. The molecule has 3 aromatic carbocycles. The Kier molecular flexibility index (Phi) is 6.14. The fraction of sp³-hybridized carbons (Fsp3) is 0.231. The van der Waals surface area contributed by atoms with Crippen molar-refractivity contribution in [1.29, 1.82) is 0 Å². The largest absolute Gasteiger partial charge is 0.479 e. The van der Waals surface area contributed by atoms with E-state index in [0.717, 1.165) is 46.8 Å². The zero-order valence-corrected chi connectivity index (χ0v) is 17.5. The Bertz CT molecular complexity index is 1210. The van der Waals surface area contributed by atoms with E-state index in [9.17, 15) is 9.59 Å². The van der Waals surface area contributed by atoms with Gasteiger partial charge in [-0.1, -0.05) is 48.5 Å². The first kappa shape index (κ1) is 20.8. The molecule has 0 saturated carbocycles. The molecule has 0 saturated heterocycles. The van der Waals surface area contributed by atoms with Crippen LogP contribution in [0.15, 0.2) is 77.6 Å². The molecular formula is C26H25NO4. The van der Waals surface area contributed by atoms with Gasteiger partial charge in [0.1, 0.15) is 0 Å². The second-order valence-electron chi connectivity index (χ2n) is 7.70. The van der Waals surface area contributed by atoms with E-state index in [2.05, 4.69) is 4.57 Å². The molecule has 0 radical (unpaired) electrons. The lowest BCUT2D eigenvalue weighted by Gasteiger charge is -2.15. The van der Waals surface area contributed by atoms with Gasteiger partial charge in [0.05, 0.1) is 11.0 Å². The summed E-state index contributed by atoms with van der Waals surface area (Å²) in [5.41, 5.74) is 4.13. The number of hydrogen-bond acceptors (Lipinski definition) is 3. The van der Waals surface area contributed by atoms with Gasteiger partial charge in [-0.25, -0.2) is 4.79 Å². The Morgan fingerprint density at radius 2 is 1.45 bits per heavy atom. The number of aromatic nitrogens is 1. The summed E-state index contributed by atoms with van der Waals surface area (Å²) in [5, 5.41) is 10.6. The molecule has 0 aliphatic heterocycles. The number of fused-ring (bicyclic) bond motifs is 2. The molecule has 1 heterocycles. The number of rotatable bonds is 8. The van der Waals surface area contributed by atoms with Crippen molar-refractivity contribution in [2.24, 2.45) is 0 Å². The SMILES string of the molecule is COC(Cc1ccc(CCCn2c3ccccc3c(=O)c3ccccc32)cc1)C(=O)O. The van der Waals surface area contributed by atoms with Crippen LogP contribution < -0.4 is 5.43 Å². The lowest BCUT2D eigenvalue weighted by Crippen LogP contribution is -2.24. The average molecular weight is 415 g/mol. The van der Waals surface area contributed by atoms with Crippen molar-refractivity contribution in [3.63, 3.8) is 0 Å². The van der Waals surface area contributed by atoms with E-state index >= 15 is 0 Å². The van der Waals surface area contributed by atoms with Crippen molar-refractivity contribution >= 4 is 27.8 Å². The molecule has 158 valence electrons. The summed E-state index contributed by atoms with van der Waals surface area (Å²) in [4.78, 5) is 24.0. The second-order valence-corrected chi connectivity index (χ2v) is 7.70. The van der Waals surface area contributed by atoms with Gasteiger partial charge < -0.3 is 14.4 Å². The highest BCUT2D eigenvalue weighted by molar-refractivity contribution is 5.93. The minimum atomic E-state index is -0.952. The fourth-order valence-electron chi connectivity index (χ4n) is 4.09. The first-order valence-electron chi connectivity index (χ1n) is 10.4. The molecule has 5 heteroatoms. The van der Waals surface area contributed by atoms with Gasteiger partial charge in [0.25, 0.3) is 0 Å². The molecule has 0 aliphatic rings. The Labute approximate surface area is 180 Å². The molecule has 0 aliphatic carbocycles. The van der Waals surface area contributed by atoms with Gasteiger partial charge in [-0.05, 0) is 48.2 Å². The Morgan fingerprint density at radius 1 is 0.903 bits per heavy atom. The van der Waals surface area contributed by atoms with Gasteiger partial charge in [0.2, 0.25) is 0 Å². The van der Waals surface area contributed by atoms with Crippen LogP contribution >= 0.6 is 0 Å². The highest BCUT2D eigenvalue weighted by Gasteiger charge is 2.16. The number of aryl methyl sites for hydroxylation is 2. The van der Waals surface area contributed by atoms with Crippen LogP contribution in [-0.2, 0) is 28.9 Å². The van der Waals surface area contributed by atoms with Gasteiger partial charge in [-0.3, -0.25) is 4.79 Å². The number of aliphatic carboxylic acids is 1. The topological polar surface area (TPSA) is 68.5 Å². The summed E-state index contributed by atoms with van der Waals surface area (Å²) in [6.07, 6.45) is 1.34. The maximum atomic E-state index is 12.8. The number of pyridine rings is 1. The number of hydrogen-bond donors (Lipinski definition) is 1. The molecule has 1 unspecified atom stereocenters. The predicted octanol–water partition coefficient (Wildman–Crippen LogP) is 4.43. The Morgan fingerprint density at radius 3 is 2.00 bits per heavy atom. The van der Waals surface area contributed by atoms with E-state index in [1.807, 2.05) is 72.8 Å². The Hall–Kier alpha value is -3.44. The van der Waals surface area contributed by atoms with Gasteiger partial charge in [-0.2, -0.15) is 0 Å². The zero-order chi connectivity index (χ0) is 21.8. The van der Waals surface area contributed by atoms with Gasteiger partial charge in [0, 0.05) is 30.8 Å². The van der Waals surface area contributed by atoms with Crippen LogP contribution in [0.2, 0.25) is 0 Å². The minimum absolute atomic E-state index is 0.0776. The number of benzene rings is 3. The molecule has 0 spiro atoms. The normalized spacial score (nSPS) is 12.3. The standard InChI is InChI=1S/C26H25NO4/c1-31-24(26(29)30)17-19-14-12-18(13-15-19)7-6-16-27-22-10-4-2-8-20(22)25(28)21-9-3-5-11-23(21)27/h2-5,8-15,24H,6-7,16-17H2,1H3,(H,29,30). The molecule has 31 heavy (non-hydrogen) atoms. The van der Waals surface area contributed by atoms with E-state index < -0.39 is 12.1 Å². The molecule has 0 bridgehead atoms. The van der Waals surface area contributed by atoms with Crippen LogP contribution in [0.5, 0.6) is 0 Å². The molecule has 0 fully saturated rings. The van der Waals surface area contributed by atoms with Crippen LogP contribution in [0.25, 0.3) is 21.8 Å². The summed E-state index contributed by atoms with van der Waals surface area (Å²) in [7, 11) is 1.41. The summed E-state index contributed by atoms with van der Waals surface area (Å²) in [5.74, 6) is -0.952. The minimum Gasteiger partial charge on any atom is -0.479 e. The van der Waals surface area contributed by atoms with Crippen LogP contribution in [0, 0.1) is 0 Å². The molecule has 1 aromatic heterocycles. The molecule has 5 nitrogen and oxygen atoms in total. The highest BCUT2D eigenvalue weighted by Crippen LogP contribution is 2.20. The smallest absolute Gasteiger partial charge is 0.333 e. The predicted molar refractivity (Wildman–Crippen MR) is 123 cm³/mol. The number of carboxylic acids is 1. The second kappa shape index (κ2) is 9.14. The van der Waals surface area contributed by atoms with Crippen molar-refractivity contribution in [3.05, 3.63) is 94.1 Å². The third-order valence-electron chi connectivity index (χ3n) is 5.73. The number of methoxy groups -OCH3 is 1. The number of carboxylic acid groups (broad SMARTS) is 1. The Balaban J connectivity index is 1.52. The third-order valence-corrected chi connectivity index (χ3v) is 5.73. The average Bonchev–Trinajstić information content (AvgIpc) is 2.80. The number of ether oxygens (including phenoxy) is 1. The van der Waals surface area contributed by atoms with E-state index in [0.29, 0.717) is 6.42 Å². The first-order chi connectivity index (χ1) is 15.1. The van der Waals surface area contributed by atoms with Crippen molar-refractivity contribution in [1.82, 2.24) is 4.57 Å². The van der Waals surface area contributed by atoms with Crippen molar-refractivity contribution in [2.45, 2.75) is 31.9 Å². The highest BCUT2D eigenvalue weighted by atomic mass is 16.5. The van der Waals surface area contributed by atoms with Crippen LogP contribution in [0.4, 0.5) is 0 Å². The van der Waals surface area contributed by atoms with Gasteiger partial charge in [0.15, 0.2) is 11.5 Å². The van der Waals surface area contributed by atoms with Gasteiger partial charge in [-0.15, -0.1) is 0 Å². The van der Waals surface area contributed by atoms with E-state index in [1.54, 1.807) is 0 Å². The summed E-state index contributed by atoms with van der Waals surface area (Å²) in [6, 6.07) is 23.6. The molecular weight excluding hydrogens is 390 g/mol. The van der Waals surface area contributed by atoms with E-state index in [1.165, 1.54) is 12.7 Å². The first-order valence-corrected chi connectivity index (χ1v) is 10.4. The van der Waals surface area contributed by atoms with Gasteiger partial charge >= 0.3 is 5.97 Å². The molecule has 1 atom stereocenters. The van der Waals surface area contributed by atoms with Crippen LogP contribution in [0.1, 0.15) is 17.5 Å². The van der Waals surface area contributed by atoms with Crippen LogP contribution in [-0.4, -0.2) is 28.9 Å². The van der Waals surface area contributed by atoms with Crippen molar-refractivity contribution < 1.29 is 14.6 Å². The van der Waals surface area contributed by atoms with Crippen molar-refractivity contribution in [2.75, 3.05) is 7.11 Å². The number of carbonyl (C=O) groups is 1. The zero-order valence-electron chi connectivity index (χ0n) is 17.5. The molecule has 4 rings (SSSR count). The number of para-hydroxylation sites is 2. The quantitative estimate of drug-likeness (QED) is 0.432. The summed E-state index contributed by atoms with van der Waals surface area (Å²) >= 11 is 0. The number of nitrogens with zero attached hydrogens (tertiary/aromatic N) is 1. The molecule has 4 aromatic rings. The van der Waals surface area contributed by atoms with Crippen molar-refractivity contribution in [3.8, 4) is 0 Å². The van der Waals surface area contributed by atoms with E-state index in [-0.39, 0.29) is 5.43 Å². The fourth-order valence-corrected chi connectivity index (χ4v) is 4.09. The summed E-state index contributed by atoms with van der Waals surface area (Å²) < 4.78 is 7.25. The third kappa shape index (κ3) is 4.37. The summed E-state index contributed by atoms with van der Waals surface area (Å²) in [6.45, 7) is 0.799.